The topological polar surface area (TPSA) is 120 Å². The number of hydrogen-bond acceptors (Lipinski definition) is 7. The predicted octanol–water partition coefficient (Wildman–Crippen LogP) is 5.59. The lowest BCUT2D eigenvalue weighted by Crippen LogP contribution is -2.43. The Labute approximate surface area is 250 Å². The maximum absolute atomic E-state index is 14.5. The summed E-state index contributed by atoms with van der Waals surface area (Å²) in [5, 5.41) is 15.1. The predicted molar refractivity (Wildman–Crippen MR) is 154 cm³/mol. The van der Waals surface area contributed by atoms with Gasteiger partial charge in [-0.05, 0) is 68.5 Å². The molecule has 1 amide bonds. The number of aliphatic hydroxyl groups is 1. The number of nitrogens with one attached hydrogen (secondary N) is 1. The zero-order valence-corrected chi connectivity index (χ0v) is 24.0. The highest BCUT2D eigenvalue weighted by Gasteiger charge is 2.48. The van der Waals surface area contributed by atoms with Crippen LogP contribution in [0, 0.1) is 18.7 Å². The number of hydrogen-bond donors (Lipinski definition) is 3. The monoisotopic (exact) mass is 612 g/mol. The molecule has 224 valence electrons. The number of pyridine rings is 2. The van der Waals surface area contributed by atoms with E-state index >= 15 is 0 Å². The Hall–Kier alpha value is -3.93. The lowest BCUT2D eigenvalue weighted by atomic mass is 9.87. The minimum Gasteiger partial charge on any atom is -0.489 e. The average Bonchev–Trinajstić information content (AvgIpc) is 3.77. The molecule has 4 aromatic rings. The number of alkyl halides is 2. The third-order valence-electron chi connectivity index (χ3n) is 7.89. The zero-order valence-electron chi connectivity index (χ0n) is 23.3. The van der Waals surface area contributed by atoms with Gasteiger partial charge in [-0.1, -0.05) is 23.7 Å². The van der Waals surface area contributed by atoms with Crippen LogP contribution < -0.4 is 20.5 Å². The van der Waals surface area contributed by atoms with E-state index in [1.54, 1.807) is 32.0 Å². The highest BCUT2D eigenvalue weighted by Crippen LogP contribution is 2.49. The molecule has 1 aliphatic heterocycles. The molecule has 4 N–H and O–H groups in total. The van der Waals surface area contributed by atoms with Crippen LogP contribution in [0.5, 0.6) is 11.5 Å². The van der Waals surface area contributed by atoms with Crippen LogP contribution in [0.3, 0.4) is 0 Å². The van der Waals surface area contributed by atoms with E-state index in [9.17, 15) is 23.1 Å². The van der Waals surface area contributed by atoms with E-state index in [0.717, 1.165) is 5.56 Å². The van der Waals surface area contributed by atoms with E-state index < -0.39 is 29.5 Å². The minimum absolute atomic E-state index is 0.0470. The third-order valence-corrected chi connectivity index (χ3v) is 8.27. The summed E-state index contributed by atoms with van der Waals surface area (Å²) in [6.07, 6.45) is 2.86. The third kappa shape index (κ3) is 5.37. The number of nitrogens with zero attached hydrogens (tertiary/aromatic N) is 2. The van der Waals surface area contributed by atoms with Crippen molar-refractivity contribution in [1.82, 2.24) is 15.3 Å². The van der Waals surface area contributed by atoms with Crippen LogP contribution in [-0.2, 0) is 11.1 Å². The molecule has 8 nitrogen and oxygen atoms in total. The van der Waals surface area contributed by atoms with Crippen LogP contribution in [0.15, 0.2) is 48.7 Å². The molecule has 1 saturated carbocycles. The summed E-state index contributed by atoms with van der Waals surface area (Å²) < 4.78 is 51.3. The molecule has 0 saturated heterocycles. The number of fused-ring (bicyclic) bond motifs is 2. The van der Waals surface area contributed by atoms with Crippen LogP contribution >= 0.6 is 11.6 Å². The van der Waals surface area contributed by atoms with Crippen molar-refractivity contribution in [3.63, 3.8) is 0 Å². The largest absolute Gasteiger partial charge is 0.489 e. The van der Waals surface area contributed by atoms with E-state index in [1.807, 2.05) is 0 Å². The van der Waals surface area contributed by atoms with Gasteiger partial charge in [0.15, 0.2) is 11.5 Å². The number of ether oxygens (including phenoxy) is 2. The molecule has 2 aliphatic rings. The van der Waals surface area contributed by atoms with Gasteiger partial charge < -0.3 is 25.6 Å². The highest BCUT2D eigenvalue weighted by atomic mass is 35.5. The highest BCUT2D eigenvalue weighted by molar-refractivity contribution is 6.33. The normalized spacial score (nSPS) is 19.2. The van der Waals surface area contributed by atoms with Gasteiger partial charge in [-0.2, -0.15) is 8.78 Å². The number of aromatic nitrogens is 2. The standard InChI is InChI=1S/C31H28ClF3N4O4/c1-15-8-16-9-17(10-22(43-29(34)35)25(16)37-12-15)28(40)38-13-31(41,18-6-7-18)23-11-20-27(42-14-30(20,2)36)26(39-23)19-4-3-5-21(33)24(19)32/h3-5,8-12,18,29,41H,6-7,13-14,36H2,1-2H3,(H,38,40)/t30-,31+/m0/s1. The van der Waals surface area contributed by atoms with Crippen molar-refractivity contribution >= 4 is 28.4 Å². The number of carbonyl (C=O) groups excluding carboxylic acids is 1. The van der Waals surface area contributed by atoms with Crippen molar-refractivity contribution in [2.75, 3.05) is 13.2 Å². The summed E-state index contributed by atoms with van der Waals surface area (Å²) >= 11 is 6.33. The number of benzene rings is 2. The summed E-state index contributed by atoms with van der Waals surface area (Å²) in [5.74, 6) is -1.41. The van der Waals surface area contributed by atoms with Gasteiger partial charge in [-0.25, -0.2) is 9.37 Å². The number of aryl methyl sites for hydroxylation is 1. The van der Waals surface area contributed by atoms with Crippen molar-refractivity contribution in [2.45, 2.75) is 44.4 Å². The van der Waals surface area contributed by atoms with Gasteiger partial charge in [-0.15, -0.1) is 0 Å². The summed E-state index contributed by atoms with van der Waals surface area (Å²) in [6.45, 7) is 0.316. The van der Waals surface area contributed by atoms with Crippen LogP contribution in [0.25, 0.3) is 22.2 Å². The second-order valence-corrected chi connectivity index (χ2v) is 11.7. The average molecular weight is 613 g/mol. The summed E-state index contributed by atoms with van der Waals surface area (Å²) in [4.78, 5) is 22.3. The summed E-state index contributed by atoms with van der Waals surface area (Å²) in [6, 6.07) is 10.4. The number of nitrogens with two attached hydrogens (primary N) is 1. The molecule has 12 heteroatoms. The first-order valence-corrected chi connectivity index (χ1v) is 14.0. The fraction of sp³-hybridized carbons (Fsp3) is 0.323. The first-order chi connectivity index (χ1) is 20.4. The first kappa shape index (κ1) is 29.2. The van der Waals surface area contributed by atoms with Gasteiger partial charge in [0.25, 0.3) is 5.91 Å². The Kier molecular flexibility index (Phi) is 7.22. The molecular weight excluding hydrogens is 585 g/mol. The molecule has 0 bridgehead atoms. The Morgan fingerprint density at radius 3 is 2.79 bits per heavy atom. The molecule has 43 heavy (non-hydrogen) atoms. The lowest BCUT2D eigenvalue weighted by Gasteiger charge is -2.30. The molecule has 2 aromatic heterocycles. The number of rotatable bonds is 8. The molecule has 1 fully saturated rings. The number of amides is 1. The lowest BCUT2D eigenvalue weighted by molar-refractivity contribution is -0.0489. The minimum atomic E-state index is -3.12. The molecule has 0 unspecified atom stereocenters. The Balaban J connectivity index is 1.38. The second-order valence-electron chi connectivity index (χ2n) is 11.4. The molecule has 0 radical (unpaired) electrons. The van der Waals surface area contributed by atoms with Gasteiger partial charge in [0.2, 0.25) is 0 Å². The van der Waals surface area contributed by atoms with E-state index in [2.05, 4.69) is 15.0 Å². The van der Waals surface area contributed by atoms with Crippen molar-refractivity contribution in [1.29, 1.82) is 0 Å². The quantitative estimate of drug-likeness (QED) is 0.237. The summed E-state index contributed by atoms with van der Waals surface area (Å²) in [7, 11) is 0. The van der Waals surface area contributed by atoms with Crippen molar-refractivity contribution in [3.8, 4) is 22.8 Å². The maximum Gasteiger partial charge on any atom is 0.387 e. The van der Waals surface area contributed by atoms with Crippen LogP contribution in [0.1, 0.15) is 46.9 Å². The zero-order chi connectivity index (χ0) is 30.7. The Bertz CT molecular complexity index is 1770. The molecule has 0 spiro atoms. The van der Waals surface area contributed by atoms with Gasteiger partial charge in [-0.3, -0.25) is 9.78 Å². The van der Waals surface area contributed by atoms with E-state index in [-0.39, 0.29) is 57.9 Å². The second kappa shape index (κ2) is 10.7. The molecule has 2 atom stereocenters. The van der Waals surface area contributed by atoms with Crippen LogP contribution in [0.2, 0.25) is 5.02 Å². The van der Waals surface area contributed by atoms with Gasteiger partial charge in [0, 0.05) is 28.3 Å². The van der Waals surface area contributed by atoms with Gasteiger partial charge >= 0.3 is 6.61 Å². The Morgan fingerprint density at radius 2 is 2.07 bits per heavy atom. The van der Waals surface area contributed by atoms with E-state index in [1.165, 1.54) is 30.5 Å². The van der Waals surface area contributed by atoms with Crippen molar-refractivity contribution in [3.05, 3.63) is 81.9 Å². The van der Waals surface area contributed by atoms with Crippen molar-refractivity contribution < 1.29 is 32.5 Å². The number of carbonyl (C=O) groups is 1. The fourth-order valence-electron chi connectivity index (χ4n) is 5.46. The molecule has 6 rings (SSSR count). The molecule has 2 aromatic carbocycles. The molecule has 3 heterocycles. The Morgan fingerprint density at radius 1 is 1.30 bits per heavy atom. The molecular formula is C31H28ClF3N4O4. The SMILES string of the molecule is Cc1cnc2c(OC(F)F)cc(C(=O)NC[C@](O)(c3cc4c(c(-c5cccc(F)c5Cl)n3)OC[C@]4(C)N)C3CC3)cc2c1. The first-order valence-electron chi connectivity index (χ1n) is 13.7. The fourth-order valence-corrected chi connectivity index (χ4v) is 5.68. The van der Waals surface area contributed by atoms with Crippen molar-refractivity contribution in [2.24, 2.45) is 11.7 Å². The summed E-state index contributed by atoms with van der Waals surface area (Å²) in [5.41, 5.74) is 6.22. The maximum atomic E-state index is 14.5. The van der Waals surface area contributed by atoms with Gasteiger partial charge in [0.05, 0.1) is 22.8 Å². The van der Waals surface area contributed by atoms with Crippen LogP contribution in [-0.4, -0.2) is 40.7 Å². The molecule has 1 aliphatic carbocycles. The van der Waals surface area contributed by atoms with E-state index in [0.29, 0.717) is 29.5 Å². The van der Waals surface area contributed by atoms with E-state index in [4.69, 9.17) is 27.1 Å². The smallest absolute Gasteiger partial charge is 0.387 e. The van der Waals surface area contributed by atoms with Gasteiger partial charge in [0.1, 0.15) is 29.2 Å². The number of halogens is 4. The van der Waals surface area contributed by atoms with Crippen LogP contribution in [0.4, 0.5) is 13.2 Å².